The second-order valence-electron chi connectivity index (χ2n) is 12.4. The van der Waals surface area contributed by atoms with Crippen molar-refractivity contribution in [1.82, 2.24) is 0 Å². The van der Waals surface area contributed by atoms with E-state index in [4.69, 9.17) is 18.8 Å². The molecule has 0 aliphatic carbocycles. The SMILES string of the molecule is Cc1cccc(C)c1N=C(CCCCO[Si](C)(C)C)C(CCCCO[Si](C)(C)C)=Nc1c(C)cccc1C. The van der Waals surface area contributed by atoms with Crippen molar-refractivity contribution in [2.75, 3.05) is 13.2 Å². The van der Waals surface area contributed by atoms with Crippen molar-refractivity contribution in [3.8, 4) is 0 Å². The molecule has 0 atom stereocenters. The lowest BCUT2D eigenvalue weighted by Gasteiger charge is -2.18. The molecule has 2 aromatic carbocycles. The van der Waals surface area contributed by atoms with Gasteiger partial charge in [-0.1, -0.05) is 36.4 Å². The molecule has 4 nitrogen and oxygen atoms in total. The lowest BCUT2D eigenvalue weighted by Crippen LogP contribution is -2.26. The lowest BCUT2D eigenvalue weighted by molar-refractivity contribution is 0.301. The number of rotatable bonds is 15. The van der Waals surface area contributed by atoms with Gasteiger partial charge in [-0.05, 0) is 128 Å². The van der Waals surface area contributed by atoms with Crippen LogP contribution in [-0.4, -0.2) is 41.3 Å². The highest BCUT2D eigenvalue weighted by molar-refractivity contribution is 6.70. The first kappa shape index (κ1) is 32.3. The molecular weight excluding hydrogens is 501 g/mol. The molecule has 0 saturated carbocycles. The molecule has 2 aromatic rings. The minimum Gasteiger partial charge on any atom is -0.418 e. The van der Waals surface area contributed by atoms with Crippen LogP contribution in [0.25, 0.3) is 0 Å². The van der Waals surface area contributed by atoms with Gasteiger partial charge in [0.15, 0.2) is 16.6 Å². The summed E-state index contributed by atoms with van der Waals surface area (Å²) in [6.45, 7) is 23.8. The van der Waals surface area contributed by atoms with E-state index in [2.05, 4.69) is 103 Å². The van der Waals surface area contributed by atoms with Gasteiger partial charge in [0.1, 0.15) is 0 Å². The van der Waals surface area contributed by atoms with Crippen molar-refractivity contribution < 1.29 is 8.85 Å². The molecule has 0 aliphatic rings. The summed E-state index contributed by atoms with van der Waals surface area (Å²) in [6, 6.07) is 12.8. The molecule has 0 spiro atoms. The van der Waals surface area contributed by atoms with E-state index in [1.54, 1.807) is 0 Å². The lowest BCUT2D eigenvalue weighted by atomic mass is 10.0. The summed E-state index contributed by atoms with van der Waals surface area (Å²) in [6.07, 6.45) is 5.96. The molecule has 0 aromatic heterocycles. The van der Waals surface area contributed by atoms with E-state index in [0.29, 0.717) is 0 Å². The Bertz CT molecular complexity index is 968. The Hall–Kier alpha value is -1.87. The second-order valence-corrected chi connectivity index (χ2v) is 21.5. The van der Waals surface area contributed by atoms with Gasteiger partial charge in [-0.15, -0.1) is 0 Å². The van der Waals surface area contributed by atoms with Crippen LogP contribution in [0.15, 0.2) is 46.4 Å². The van der Waals surface area contributed by atoms with Gasteiger partial charge in [0, 0.05) is 13.2 Å². The average Bonchev–Trinajstić information content (AvgIpc) is 2.79. The fraction of sp³-hybridized carbons (Fsp3) is 0.562. The minimum absolute atomic E-state index is 0.823. The minimum atomic E-state index is -1.50. The van der Waals surface area contributed by atoms with Crippen LogP contribution in [0.3, 0.4) is 0 Å². The Balaban J connectivity index is 2.41. The molecule has 210 valence electrons. The number of nitrogens with zero attached hydrogens (tertiary/aromatic N) is 2. The summed E-state index contributed by atoms with van der Waals surface area (Å²) in [5.41, 5.74) is 9.22. The summed E-state index contributed by atoms with van der Waals surface area (Å²) < 4.78 is 12.3. The topological polar surface area (TPSA) is 43.2 Å². The van der Waals surface area contributed by atoms with Gasteiger partial charge in [0.25, 0.3) is 0 Å². The molecule has 6 heteroatoms. The Morgan fingerprint density at radius 1 is 0.553 bits per heavy atom. The second kappa shape index (κ2) is 15.1. The quantitative estimate of drug-likeness (QED) is 0.125. The average molecular weight is 553 g/mol. The van der Waals surface area contributed by atoms with Crippen LogP contribution in [0, 0.1) is 27.7 Å². The van der Waals surface area contributed by atoms with Gasteiger partial charge >= 0.3 is 0 Å². The van der Waals surface area contributed by atoms with Crippen LogP contribution >= 0.6 is 0 Å². The number of hydrogen-bond donors (Lipinski definition) is 0. The van der Waals surface area contributed by atoms with Crippen molar-refractivity contribution >= 4 is 39.4 Å². The molecular formula is C32H52N2O2Si2. The van der Waals surface area contributed by atoms with E-state index in [-0.39, 0.29) is 0 Å². The molecule has 0 heterocycles. The molecule has 2 rings (SSSR count). The van der Waals surface area contributed by atoms with E-state index < -0.39 is 16.6 Å². The maximum atomic E-state index is 6.13. The Morgan fingerprint density at radius 2 is 0.868 bits per heavy atom. The highest BCUT2D eigenvalue weighted by Gasteiger charge is 2.17. The first-order chi connectivity index (χ1) is 17.8. The van der Waals surface area contributed by atoms with Gasteiger partial charge < -0.3 is 8.85 Å². The first-order valence-corrected chi connectivity index (χ1v) is 21.1. The fourth-order valence-corrected chi connectivity index (χ4v) is 5.82. The Morgan fingerprint density at radius 3 is 1.16 bits per heavy atom. The third-order valence-corrected chi connectivity index (χ3v) is 8.53. The van der Waals surface area contributed by atoms with E-state index >= 15 is 0 Å². The Labute approximate surface area is 235 Å². The first-order valence-electron chi connectivity index (χ1n) is 14.3. The summed E-state index contributed by atoms with van der Waals surface area (Å²) in [5.74, 6) is 0. The molecule has 0 saturated heterocycles. The van der Waals surface area contributed by atoms with Crippen molar-refractivity contribution in [2.45, 2.75) is 106 Å². The molecule has 0 radical (unpaired) electrons. The standard InChI is InChI=1S/C32H52N2O2Si2/c1-25-17-15-18-26(2)31(25)33-29(21-11-13-23-35-37(5,6)7)30(22-12-14-24-36-38(8,9)10)34-32-27(3)19-16-20-28(32)4/h15-20H,11-14,21-24H2,1-10H3. The van der Waals surface area contributed by atoms with Crippen LogP contribution in [-0.2, 0) is 8.85 Å². The van der Waals surface area contributed by atoms with Gasteiger partial charge in [0.2, 0.25) is 0 Å². The zero-order valence-electron chi connectivity index (χ0n) is 25.8. The number of aryl methyl sites for hydroxylation is 4. The molecule has 0 unspecified atom stereocenters. The van der Waals surface area contributed by atoms with Crippen LogP contribution in [0.2, 0.25) is 39.3 Å². The summed E-state index contributed by atoms with van der Waals surface area (Å²) in [5, 5.41) is 0. The third kappa shape index (κ3) is 11.9. The highest BCUT2D eigenvalue weighted by Crippen LogP contribution is 2.28. The van der Waals surface area contributed by atoms with E-state index in [9.17, 15) is 0 Å². The molecule has 0 bridgehead atoms. The van der Waals surface area contributed by atoms with Crippen molar-refractivity contribution in [2.24, 2.45) is 9.98 Å². The van der Waals surface area contributed by atoms with Crippen LogP contribution in [0.1, 0.15) is 60.8 Å². The van der Waals surface area contributed by atoms with E-state index in [1.165, 1.54) is 22.3 Å². The maximum absolute atomic E-state index is 6.13. The normalized spacial score (nSPS) is 13.3. The number of aliphatic imine (C=N–C) groups is 2. The van der Waals surface area contributed by atoms with Gasteiger partial charge in [-0.3, -0.25) is 9.98 Å². The van der Waals surface area contributed by atoms with Gasteiger partial charge in [-0.2, -0.15) is 0 Å². The van der Waals surface area contributed by atoms with E-state index in [1.807, 2.05) is 0 Å². The highest BCUT2D eigenvalue weighted by atomic mass is 28.4. The van der Waals surface area contributed by atoms with Gasteiger partial charge in [-0.25, -0.2) is 0 Å². The van der Waals surface area contributed by atoms with Crippen molar-refractivity contribution in [1.29, 1.82) is 0 Å². The van der Waals surface area contributed by atoms with Crippen molar-refractivity contribution in [3.63, 3.8) is 0 Å². The predicted molar refractivity (Wildman–Crippen MR) is 172 cm³/mol. The van der Waals surface area contributed by atoms with Crippen LogP contribution < -0.4 is 0 Å². The smallest absolute Gasteiger partial charge is 0.183 e. The number of hydrogen-bond acceptors (Lipinski definition) is 4. The molecule has 0 N–H and O–H groups in total. The number of unbranched alkanes of at least 4 members (excludes halogenated alkanes) is 2. The monoisotopic (exact) mass is 552 g/mol. The zero-order chi connectivity index (χ0) is 28.3. The largest absolute Gasteiger partial charge is 0.418 e. The van der Waals surface area contributed by atoms with Gasteiger partial charge in [0.05, 0.1) is 22.8 Å². The summed E-state index contributed by atoms with van der Waals surface area (Å²) in [7, 11) is -3.00. The zero-order valence-corrected chi connectivity index (χ0v) is 27.8. The Kier molecular flexibility index (Phi) is 12.8. The molecule has 0 amide bonds. The van der Waals surface area contributed by atoms with Crippen LogP contribution in [0.5, 0.6) is 0 Å². The third-order valence-electron chi connectivity index (χ3n) is 6.39. The number of para-hydroxylation sites is 2. The summed E-state index contributed by atoms with van der Waals surface area (Å²) in [4.78, 5) is 10.7. The predicted octanol–water partition coefficient (Wildman–Crippen LogP) is 9.81. The van der Waals surface area contributed by atoms with E-state index in [0.717, 1.165) is 74.5 Å². The molecule has 0 aliphatic heterocycles. The van der Waals surface area contributed by atoms with Crippen LogP contribution in [0.4, 0.5) is 11.4 Å². The summed E-state index contributed by atoms with van der Waals surface area (Å²) >= 11 is 0. The molecule has 0 fully saturated rings. The fourth-order valence-electron chi connectivity index (χ4n) is 4.31. The number of benzene rings is 2. The van der Waals surface area contributed by atoms with Crippen molar-refractivity contribution in [3.05, 3.63) is 58.7 Å². The molecule has 38 heavy (non-hydrogen) atoms. The maximum Gasteiger partial charge on any atom is 0.183 e.